The van der Waals surface area contributed by atoms with Crippen LogP contribution in [0.5, 0.6) is 0 Å². The van der Waals surface area contributed by atoms with Gasteiger partial charge in [0.2, 0.25) is 17.8 Å². The molecule has 0 radical (unpaired) electrons. The highest BCUT2D eigenvalue weighted by atomic mass is 15.3. The van der Waals surface area contributed by atoms with Crippen LogP contribution in [0.1, 0.15) is 30.0 Å². The predicted octanol–water partition coefficient (Wildman–Crippen LogP) is 4.74. The lowest BCUT2D eigenvalue weighted by molar-refractivity contribution is 0.172. The molecule has 1 fully saturated rings. The molecule has 0 saturated carbocycles. The molecule has 2 aromatic carbocycles. The Hall–Kier alpha value is -3.71. The minimum Gasteiger partial charge on any atom is -0.351 e. The van der Waals surface area contributed by atoms with Gasteiger partial charge in [0.05, 0.1) is 6.04 Å². The Morgan fingerprint density at radius 1 is 0.857 bits per heavy atom. The lowest BCUT2D eigenvalue weighted by Crippen LogP contribution is -2.45. The van der Waals surface area contributed by atoms with Crippen molar-refractivity contribution in [2.75, 3.05) is 48.8 Å². The van der Waals surface area contributed by atoms with Gasteiger partial charge in [0.15, 0.2) is 0 Å². The molecule has 7 heteroatoms. The smallest absolute Gasteiger partial charge is 0.231 e. The van der Waals surface area contributed by atoms with Gasteiger partial charge < -0.3 is 15.5 Å². The van der Waals surface area contributed by atoms with Gasteiger partial charge in [-0.05, 0) is 42.1 Å². The number of fused-ring (bicyclic) bond motifs is 3. The SMILES string of the molecule is C=CCNc1nc(NCC=C)nc(N2CCC(N(C)C3c4ccccc4-c4ccccc43)CC2)n1. The monoisotopic (exact) mass is 467 g/mol. The topological polar surface area (TPSA) is 69.2 Å². The maximum Gasteiger partial charge on any atom is 0.231 e. The van der Waals surface area contributed by atoms with Crippen molar-refractivity contribution in [1.82, 2.24) is 19.9 Å². The average molecular weight is 468 g/mol. The van der Waals surface area contributed by atoms with Crippen molar-refractivity contribution >= 4 is 17.8 Å². The average Bonchev–Trinajstić information content (AvgIpc) is 3.25. The molecule has 1 aliphatic heterocycles. The van der Waals surface area contributed by atoms with Gasteiger partial charge in [-0.15, -0.1) is 13.2 Å². The first kappa shape index (κ1) is 23.1. The molecule has 2 heterocycles. The Morgan fingerprint density at radius 3 is 1.89 bits per heavy atom. The van der Waals surface area contributed by atoms with E-state index >= 15 is 0 Å². The van der Waals surface area contributed by atoms with Gasteiger partial charge in [-0.3, -0.25) is 4.90 Å². The van der Waals surface area contributed by atoms with Crippen LogP contribution in [0.4, 0.5) is 17.8 Å². The van der Waals surface area contributed by atoms with Crippen LogP contribution in [0, 0.1) is 0 Å². The van der Waals surface area contributed by atoms with E-state index in [0.717, 1.165) is 25.9 Å². The summed E-state index contributed by atoms with van der Waals surface area (Å²) in [5.74, 6) is 1.82. The second-order valence-electron chi connectivity index (χ2n) is 9.08. The molecule has 1 saturated heterocycles. The standard InChI is InChI=1S/C28H33N7/c1-4-16-29-26-31-27(30-17-5-2)33-28(32-26)35-18-14-20(15-19-35)34(3)25-23-12-8-6-10-21(23)22-11-7-9-13-24(22)25/h4-13,20,25H,1-2,14-19H2,3H3,(H2,29,30,31,32,33). The number of benzene rings is 2. The Morgan fingerprint density at radius 2 is 1.37 bits per heavy atom. The minimum atomic E-state index is 0.292. The number of nitrogens with one attached hydrogen (secondary N) is 2. The van der Waals surface area contributed by atoms with Crippen molar-refractivity contribution in [3.63, 3.8) is 0 Å². The van der Waals surface area contributed by atoms with E-state index in [1.807, 2.05) is 0 Å². The minimum absolute atomic E-state index is 0.292. The zero-order chi connectivity index (χ0) is 24.2. The normalized spacial score (nSPS) is 15.5. The molecule has 3 aromatic rings. The third-order valence-electron chi connectivity index (χ3n) is 6.96. The molecular weight excluding hydrogens is 434 g/mol. The van der Waals surface area contributed by atoms with Crippen LogP contribution in [0.2, 0.25) is 0 Å². The molecule has 0 spiro atoms. The third kappa shape index (κ3) is 4.64. The second-order valence-corrected chi connectivity index (χ2v) is 9.08. The molecule has 2 aliphatic rings. The van der Waals surface area contributed by atoms with Crippen LogP contribution in [-0.4, -0.2) is 59.1 Å². The van der Waals surface area contributed by atoms with E-state index in [1.165, 1.54) is 22.3 Å². The van der Waals surface area contributed by atoms with E-state index in [0.29, 0.717) is 43.0 Å². The number of aromatic nitrogens is 3. The molecular formula is C28H33N7. The van der Waals surface area contributed by atoms with Gasteiger partial charge in [-0.1, -0.05) is 60.7 Å². The van der Waals surface area contributed by atoms with Crippen molar-refractivity contribution in [2.45, 2.75) is 24.9 Å². The molecule has 7 nitrogen and oxygen atoms in total. The zero-order valence-electron chi connectivity index (χ0n) is 20.3. The van der Waals surface area contributed by atoms with Gasteiger partial charge in [0.1, 0.15) is 0 Å². The Labute approximate surface area is 207 Å². The summed E-state index contributed by atoms with van der Waals surface area (Å²) in [5, 5.41) is 6.39. The number of hydrogen-bond donors (Lipinski definition) is 2. The van der Waals surface area contributed by atoms with Gasteiger partial charge in [-0.2, -0.15) is 15.0 Å². The lowest BCUT2D eigenvalue weighted by atomic mass is 9.97. The summed E-state index contributed by atoms with van der Waals surface area (Å²) < 4.78 is 0. The highest BCUT2D eigenvalue weighted by Gasteiger charge is 2.35. The number of piperidine rings is 1. The van der Waals surface area contributed by atoms with Crippen molar-refractivity contribution in [1.29, 1.82) is 0 Å². The fourth-order valence-electron chi connectivity index (χ4n) is 5.24. The molecule has 0 amide bonds. The molecule has 0 unspecified atom stereocenters. The summed E-state index contributed by atoms with van der Waals surface area (Å²) in [6.45, 7) is 10.5. The molecule has 5 rings (SSSR count). The van der Waals surface area contributed by atoms with Gasteiger partial charge >= 0.3 is 0 Å². The first-order valence-electron chi connectivity index (χ1n) is 12.3. The highest BCUT2D eigenvalue weighted by Crippen LogP contribution is 2.46. The maximum atomic E-state index is 4.67. The summed E-state index contributed by atoms with van der Waals surface area (Å²) in [4.78, 5) is 18.7. The predicted molar refractivity (Wildman–Crippen MR) is 144 cm³/mol. The van der Waals surface area contributed by atoms with E-state index in [-0.39, 0.29) is 0 Å². The van der Waals surface area contributed by atoms with E-state index in [1.54, 1.807) is 12.2 Å². The van der Waals surface area contributed by atoms with Crippen LogP contribution >= 0.6 is 0 Å². The van der Waals surface area contributed by atoms with Crippen LogP contribution in [-0.2, 0) is 0 Å². The van der Waals surface area contributed by atoms with E-state index < -0.39 is 0 Å². The second kappa shape index (κ2) is 10.3. The molecule has 0 atom stereocenters. The Balaban J connectivity index is 1.32. The fourth-order valence-corrected chi connectivity index (χ4v) is 5.24. The number of anilines is 3. The highest BCUT2D eigenvalue weighted by molar-refractivity contribution is 5.78. The largest absolute Gasteiger partial charge is 0.351 e. The Bertz CT molecular complexity index is 1120. The van der Waals surface area contributed by atoms with Crippen molar-refractivity contribution in [2.24, 2.45) is 0 Å². The fraction of sp³-hybridized carbons (Fsp3) is 0.321. The lowest BCUT2D eigenvalue weighted by Gasteiger charge is -2.40. The van der Waals surface area contributed by atoms with Crippen LogP contribution < -0.4 is 15.5 Å². The maximum absolute atomic E-state index is 4.67. The first-order chi connectivity index (χ1) is 17.2. The summed E-state index contributed by atoms with van der Waals surface area (Å²) in [7, 11) is 2.28. The van der Waals surface area contributed by atoms with Crippen LogP contribution in [0.15, 0.2) is 73.8 Å². The molecule has 2 N–H and O–H groups in total. The number of rotatable bonds is 9. The van der Waals surface area contributed by atoms with Crippen molar-refractivity contribution in [3.05, 3.63) is 85.0 Å². The summed E-state index contributed by atoms with van der Waals surface area (Å²) >= 11 is 0. The first-order valence-corrected chi connectivity index (χ1v) is 12.3. The molecule has 180 valence electrons. The summed E-state index contributed by atoms with van der Waals surface area (Å²) in [6, 6.07) is 18.4. The number of nitrogens with zero attached hydrogens (tertiary/aromatic N) is 5. The van der Waals surface area contributed by atoms with Gasteiger partial charge in [-0.25, -0.2) is 0 Å². The molecule has 1 aromatic heterocycles. The Kier molecular flexibility index (Phi) is 6.77. The van der Waals surface area contributed by atoms with Gasteiger partial charge in [0, 0.05) is 32.2 Å². The number of hydrogen-bond acceptors (Lipinski definition) is 7. The summed E-state index contributed by atoms with van der Waals surface area (Å²) in [6.07, 6.45) is 5.68. The van der Waals surface area contributed by atoms with Crippen LogP contribution in [0.3, 0.4) is 0 Å². The third-order valence-corrected chi connectivity index (χ3v) is 6.96. The van der Waals surface area contributed by atoms with Crippen LogP contribution in [0.25, 0.3) is 11.1 Å². The van der Waals surface area contributed by atoms with Gasteiger partial charge in [0.25, 0.3) is 0 Å². The van der Waals surface area contributed by atoms with Crippen molar-refractivity contribution in [3.8, 4) is 11.1 Å². The molecule has 0 bridgehead atoms. The summed E-state index contributed by atoms with van der Waals surface area (Å²) in [5.41, 5.74) is 5.54. The van der Waals surface area contributed by atoms with Crippen molar-refractivity contribution < 1.29 is 0 Å². The zero-order valence-corrected chi connectivity index (χ0v) is 20.3. The van der Waals surface area contributed by atoms with E-state index in [4.69, 9.17) is 0 Å². The van der Waals surface area contributed by atoms with E-state index in [9.17, 15) is 0 Å². The van der Waals surface area contributed by atoms with E-state index in [2.05, 4.69) is 104 Å². The quantitative estimate of drug-likeness (QED) is 0.441. The molecule has 35 heavy (non-hydrogen) atoms. The molecule has 1 aliphatic carbocycles.